The zero-order valence-electron chi connectivity index (χ0n) is 8.05. The summed E-state index contributed by atoms with van der Waals surface area (Å²) in [5.41, 5.74) is 5.99. The third kappa shape index (κ3) is 2.55. The van der Waals surface area contributed by atoms with Crippen molar-refractivity contribution in [2.75, 3.05) is 5.73 Å². The minimum absolute atomic E-state index is 0.342. The third-order valence-electron chi connectivity index (χ3n) is 1.82. The van der Waals surface area contributed by atoms with Crippen LogP contribution in [0.25, 0.3) is 0 Å². The summed E-state index contributed by atoms with van der Waals surface area (Å²) < 4.78 is 26.2. The van der Waals surface area contributed by atoms with E-state index >= 15 is 0 Å². The van der Waals surface area contributed by atoms with E-state index in [4.69, 9.17) is 5.73 Å². The Morgan fingerprint density at radius 3 is 2.64 bits per heavy atom. The van der Waals surface area contributed by atoms with E-state index < -0.39 is 18.0 Å². The Balaban J connectivity index is 3.11. The van der Waals surface area contributed by atoms with Gasteiger partial charge < -0.3 is 10.3 Å². The molecule has 0 aliphatic rings. The van der Waals surface area contributed by atoms with Crippen LogP contribution in [-0.4, -0.2) is 10.5 Å². The maximum Gasteiger partial charge on any atom is 0.263 e. The molecule has 0 spiro atoms. The first-order chi connectivity index (χ1) is 6.29. The minimum atomic E-state index is -2.91. The van der Waals surface area contributed by atoms with Crippen LogP contribution in [0.15, 0.2) is 17.1 Å². The monoisotopic (exact) mass is 202 g/mol. The first-order valence-electron chi connectivity index (χ1n) is 4.14. The lowest BCUT2D eigenvalue weighted by Crippen LogP contribution is -2.28. The molecule has 1 heterocycles. The number of rotatable bonds is 2. The largest absolute Gasteiger partial charge is 0.397 e. The topological polar surface area (TPSA) is 48.0 Å². The lowest BCUT2D eigenvalue weighted by Gasteiger charge is -2.13. The number of nitrogen functional groups attached to an aromatic ring is 1. The summed E-state index contributed by atoms with van der Waals surface area (Å²) in [5, 5.41) is 0. The van der Waals surface area contributed by atoms with E-state index in [2.05, 4.69) is 0 Å². The first kappa shape index (κ1) is 10.7. The molecule has 3 nitrogen and oxygen atoms in total. The van der Waals surface area contributed by atoms with Crippen LogP contribution in [0, 0.1) is 6.92 Å². The number of aryl methyl sites for hydroxylation is 1. The Morgan fingerprint density at radius 1 is 1.57 bits per heavy atom. The van der Waals surface area contributed by atoms with Crippen LogP contribution in [0.5, 0.6) is 0 Å². The van der Waals surface area contributed by atoms with Gasteiger partial charge in [0.25, 0.3) is 11.5 Å². The Morgan fingerprint density at radius 2 is 2.14 bits per heavy atom. The van der Waals surface area contributed by atoms with E-state index in [0.717, 1.165) is 11.5 Å². The van der Waals surface area contributed by atoms with Gasteiger partial charge in [0, 0.05) is 19.2 Å². The van der Waals surface area contributed by atoms with Crippen molar-refractivity contribution in [2.24, 2.45) is 0 Å². The summed E-state index contributed by atoms with van der Waals surface area (Å²) in [4.78, 5) is 11.2. The SMILES string of the molecule is Cc1cc(=O)n(CC(C)(F)F)cc1N. The van der Waals surface area contributed by atoms with Gasteiger partial charge in [0.15, 0.2) is 0 Å². The normalized spacial score (nSPS) is 11.7. The van der Waals surface area contributed by atoms with E-state index in [1.54, 1.807) is 6.92 Å². The molecule has 0 amide bonds. The van der Waals surface area contributed by atoms with E-state index in [-0.39, 0.29) is 0 Å². The van der Waals surface area contributed by atoms with E-state index in [1.807, 2.05) is 0 Å². The number of hydrogen-bond acceptors (Lipinski definition) is 2. The molecule has 1 rings (SSSR count). The molecule has 0 bridgehead atoms. The summed E-state index contributed by atoms with van der Waals surface area (Å²) in [5.74, 6) is -2.91. The van der Waals surface area contributed by atoms with Gasteiger partial charge in [-0.15, -0.1) is 0 Å². The third-order valence-corrected chi connectivity index (χ3v) is 1.82. The molecule has 0 atom stereocenters. The van der Waals surface area contributed by atoms with Crippen molar-refractivity contribution in [3.05, 3.63) is 28.2 Å². The predicted molar refractivity (Wildman–Crippen MR) is 50.5 cm³/mol. The fourth-order valence-electron chi connectivity index (χ4n) is 1.11. The molecule has 0 fully saturated rings. The van der Waals surface area contributed by atoms with Crippen LogP contribution in [0.2, 0.25) is 0 Å². The molecular formula is C9H12F2N2O. The number of nitrogens with two attached hydrogens (primary N) is 1. The van der Waals surface area contributed by atoms with Gasteiger partial charge in [0.1, 0.15) is 0 Å². The number of halogens is 2. The van der Waals surface area contributed by atoms with Gasteiger partial charge in [-0.1, -0.05) is 0 Å². The molecule has 0 saturated carbocycles. The van der Waals surface area contributed by atoms with Crippen molar-refractivity contribution >= 4 is 5.69 Å². The van der Waals surface area contributed by atoms with Crippen molar-refractivity contribution in [2.45, 2.75) is 26.3 Å². The van der Waals surface area contributed by atoms with Gasteiger partial charge in [0.05, 0.1) is 12.2 Å². The van der Waals surface area contributed by atoms with Gasteiger partial charge in [0.2, 0.25) is 0 Å². The summed E-state index contributed by atoms with van der Waals surface area (Å²) >= 11 is 0. The molecule has 1 aromatic rings. The molecular weight excluding hydrogens is 190 g/mol. The molecule has 1 aromatic heterocycles. The van der Waals surface area contributed by atoms with Crippen LogP contribution < -0.4 is 11.3 Å². The Kier molecular flexibility index (Phi) is 2.59. The summed E-state index contributed by atoms with van der Waals surface area (Å²) in [6, 6.07) is 1.25. The first-order valence-corrected chi connectivity index (χ1v) is 4.14. The Hall–Kier alpha value is -1.39. The van der Waals surface area contributed by atoms with Gasteiger partial charge in [-0.3, -0.25) is 4.79 Å². The van der Waals surface area contributed by atoms with E-state index in [9.17, 15) is 13.6 Å². The second-order valence-corrected chi connectivity index (χ2v) is 3.45. The number of hydrogen-bond donors (Lipinski definition) is 1. The molecule has 78 valence electrons. The van der Waals surface area contributed by atoms with Crippen molar-refractivity contribution in [1.82, 2.24) is 4.57 Å². The van der Waals surface area contributed by atoms with E-state index in [0.29, 0.717) is 11.3 Å². The van der Waals surface area contributed by atoms with Gasteiger partial charge in [-0.05, 0) is 12.5 Å². The lowest BCUT2D eigenvalue weighted by atomic mass is 10.2. The van der Waals surface area contributed by atoms with Crippen molar-refractivity contribution in [3.63, 3.8) is 0 Å². The second kappa shape index (κ2) is 3.40. The van der Waals surface area contributed by atoms with Crippen LogP contribution >= 0.6 is 0 Å². The standard InChI is InChI=1S/C9H12F2N2O/c1-6-3-8(14)13(4-7(6)12)5-9(2,10)11/h3-4H,5,12H2,1-2H3. The second-order valence-electron chi connectivity index (χ2n) is 3.45. The van der Waals surface area contributed by atoms with Crippen LogP contribution in [0.3, 0.4) is 0 Å². The average molecular weight is 202 g/mol. The molecule has 2 N–H and O–H groups in total. The minimum Gasteiger partial charge on any atom is -0.397 e. The fraction of sp³-hybridized carbons (Fsp3) is 0.444. The zero-order chi connectivity index (χ0) is 10.9. The molecule has 0 aliphatic carbocycles. The molecule has 0 unspecified atom stereocenters. The van der Waals surface area contributed by atoms with Crippen LogP contribution in [0.1, 0.15) is 12.5 Å². The summed E-state index contributed by atoms with van der Waals surface area (Å²) in [7, 11) is 0. The quantitative estimate of drug-likeness (QED) is 0.787. The van der Waals surface area contributed by atoms with Crippen LogP contribution in [-0.2, 0) is 6.54 Å². The number of pyridine rings is 1. The molecule has 0 saturated heterocycles. The highest BCUT2D eigenvalue weighted by atomic mass is 19.3. The highest BCUT2D eigenvalue weighted by molar-refractivity contribution is 5.42. The number of nitrogens with zero attached hydrogens (tertiary/aromatic N) is 1. The van der Waals surface area contributed by atoms with E-state index in [1.165, 1.54) is 12.3 Å². The van der Waals surface area contributed by atoms with Crippen LogP contribution in [0.4, 0.5) is 14.5 Å². The molecule has 5 heteroatoms. The zero-order valence-corrected chi connectivity index (χ0v) is 8.05. The number of anilines is 1. The van der Waals surface area contributed by atoms with Crippen molar-refractivity contribution in [3.8, 4) is 0 Å². The lowest BCUT2D eigenvalue weighted by molar-refractivity contribution is 0.00301. The Labute approximate surface area is 80.2 Å². The fourth-order valence-corrected chi connectivity index (χ4v) is 1.11. The average Bonchev–Trinajstić information content (AvgIpc) is 1.97. The van der Waals surface area contributed by atoms with Gasteiger partial charge in [-0.2, -0.15) is 0 Å². The summed E-state index contributed by atoms with van der Waals surface area (Å²) in [6.45, 7) is 1.77. The summed E-state index contributed by atoms with van der Waals surface area (Å²) in [6.07, 6.45) is 1.25. The number of alkyl halides is 2. The molecule has 0 aliphatic heterocycles. The van der Waals surface area contributed by atoms with Crippen molar-refractivity contribution in [1.29, 1.82) is 0 Å². The van der Waals surface area contributed by atoms with Crippen molar-refractivity contribution < 1.29 is 8.78 Å². The van der Waals surface area contributed by atoms with Gasteiger partial charge in [-0.25, -0.2) is 8.78 Å². The molecule has 0 radical (unpaired) electrons. The smallest absolute Gasteiger partial charge is 0.263 e. The maximum absolute atomic E-state index is 12.6. The highest BCUT2D eigenvalue weighted by Crippen LogP contribution is 2.14. The molecule has 14 heavy (non-hydrogen) atoms. The highest BCUT2D eigenvalue weighted by Gasteiger charge is 2.22. The predicted octanol–water partition coefficient (Wildman–Crippen LogP) is 1.39. The Bertz CT molecular complexity index is 393. The maximum atomic E-state index is 12.6. The molecule has 0 aromatic carbocycles. The van der Waals surface area contributed by atoms with Gasteiger partial charge >= 0.3 is 0 Å². The number of aromatic nitrogens is 1.